The van der Waals surface area contributed by atoms with Crippen molar-refractivity contribution in [2.24, 2.45) is 23.7 Å². The molecule has 9 aromatic carbocycles. The van der Waals surface area contributed by atoms with Gasteiger partial charge >= 0.3 is 0 Å². The first-order valence-corrected chi connectivity index (χ1v) is 25.2. The van der Waals surface area contributed by atoms with Gasteiger partial charge in [0.2, 0.25) is 0 Å². The van der Waals surface area contributed by atoms with Crippen LogP contribution in [0.3, 0.4) is 0 Å². The normalized spacial score (nSPS) is 21.9. The molecule has 1 spiro atoms. The predicted molar refractivity (Wildman–Crippen MR) is 284 cm³/mol. The first kappa shape index (κ1) is 39.9. The van der Waals surface area contributed by atoms with Crippen molar-refractivity contribution >= 4 is 17.1 Å². The lowest BCUT2D eigenvalue weighted by atomic mass is 9.43. The molecule has 68 heavy (non-hydrogen) atoms. The van der Waals surface area contributed by atoms with E-state index in [0.717, 1.165) is 17.5 Å². The predicted octanol–water partition coefficient (Wildman–Crippen LogP) is 17.9. The van der Waals surface area contributed by atoms with Crippen molar-refractivity contribution in [2.75, 3.05) is 4.90 Å². The van der Waals surface area contributed by atoms with Crippen LogP contribution in [0.15, 0.2) is 212 Å². The summed E-state index contributed by atoms with van der Waals surface area (Å²) in [7, 11) is 0. The maximum absolute atomic E-state index is 2.63. The fraction of sp³-hybridized carbons (Fsp3) is 0.194. The first-order valence-electron chi connectivity index (χ1n) is 25.2. The van der Waals surface area contributed by atoms with Crippen LogP contribution in [0.1, 0.15) is 68.2 Å². The summed E-state index contributed by atoms with van der Waals surface area (Å²) in [4.78, 5) is 2.52. The summed E-state index contributed by atoms with van der Waals surface area (Å²) >= 11 is 0. The molecule has 4 fully saturated rings. The van der Waals surface area contributed by atoms with Crippen LogP contribution in [-0.4, -0.2) is 0 Å². The minimum Gasteiger partial charge on any atom is -0.310 e. The van der Waals surface area contributed by atoms with E-state index in [-0.39, 0.29) is 10.8 Å². The van der Waals surface area contributed by atoms with Crippen LogP contribution in [0.4, 0.5) is 17.1 Å². The van der Waals surface area contributed by atoms with E-state index in [1.165, 1.54) is 121 Å². The maximum Gasteiger partial charge on any atom is 0.0465 e. The Morgan fingerprint density at radius 1 is 0.324 bits per heavy atom. The zero-order valence-corrected chi connectivity index (χ0v) is 39.0. The van der Waals surface area contributed by atoms with E-state index in [0.29, 0.717) is 11.8 Å². The molecule has 6 aliphatic rings. The molecular formula is C67H55N. The van der Waals surface area contributed by atoms with Gasteiger partial charge in [0.15, 0.2) is 0 Å². The van der Waals surface area contributed by atoms with Gasteiger partial charge in [-0.15, -0.1) is 0 Å². The number of benzene rings is 9. The molecule has 0 saturated heterocycles. The molecule has 0 radical (unpaired) electrons. The molecule has 328 valence electrons. The van der Waals surface area contributed by atoms with E-state index in [1.807, 2.05) is 0 Å². The van der Waals surface area contributed by atoms with Crippen LogP contribution in [0.5, 0.6) is 0 Å². The molecule has 1 nitrogen and oxygen atoms in total. The minimum atomic E-state index is -0.104. The van der Waals surface area contributed by atoms with Crippen LogP contribution < -0.4 is 4.90 Å². The lowest BCUT2D eigenvalue weighted by Gasteiger charge is -2.61. The van der Waals surface area contributed by atoms with E-state index >= 15 is 0 Å². The van der Waals surface area contributed by atoms with Crippen molar-refractivity contribution in [3.05, 3.63) is 235 Å². The van der Waals surface area contributed by atoms with Gasteiger partial charge in [-0.1, -0.05) is 190 Å². The minimum absolute atomic E-state index is 0.0952. The molecule has 6 aliphatic carbocycles. The molecule has 1 heteroatoms. The smallest absolute Gasteiger partial charge is 0.0465 e. The second-order valence-electron chi connectivity index (χ2n) is 21.3. The molecule has 0 unspecified atom stereocenters. The molecule has 15 rings (SSSR count). The first-order chi connectivity index (χ1) is 33.4. The summed E-state index contributed by atoms with van der Waals surface area (Å²) in [5.74, 6) is 3.23. The van der Waals surface area contributed by atoms with Crippen molar-refractivity contribution < 1.29 is 0 Å². The van der Waals surface area contributed by atoms with Gasteiger partial charge in [-0.3, -0.25) is 0 Å². The third kappa shape index (κ3) is 5.87. The molecule has 0 aliphatic heterocycles. The Morgan fingerprint density at radius 2 is 0.750 bits per heavy atom. The topological polar surface area (TPSA) is 3.24 Å². The van der Waals surface area contributed by atoms with Gasteiger partial charge in [0, 0.05) is 27.9 Å². The number of anilines is 3. The van der Waals surface area contributed by atoms with Crippen LogP contribution in [0, 0.1) is 23.7 Å². The highest BCUT2D eigenvalue weighted by atomic mass is 15.1. The Morgan fingerprint density at radius 3 is 1.37 bits per heavy atom. The fourth-order valence-corrected chi connectivity index (χ4v) is 14.8. The number of nitrogens with zero attached hydrogens (tertiary/aromatic N) is 1. The number of fused-ring (bicyclic) bond motifs is 6. The van der Waals surface area contributed by atoms with Gasteiger partial charge in [-0.25, -0.2) is 0 Å². The Kier molecular flexibility index (Phi) is 8.89. The molecule has 4 bridgehead atoms. The highest BCUT2D eigenvalue weighted by Crippen LogP contribution is 2.69. The number of hydrogen-bond donors (Lipinski definition) is 0. The van der Waals surface area contributed by atoms with Crippen molar-refractivity contribution in [1.29, 1.82) is 0 Å². The Labute approximate surface area is 401 Å². The van der Waals surface area contributed by atoms with E-state index in [2.05, 4.69) is 231 Å². The summed E-state index contributed by atoms with van der Waals surface area (Å²) < 4.78 is 0. The average Bonchev–Trinajstić information content (AvgIpc) is 3.81. The summed E-state index contributed by atoms with van der Waals surface area (Å²) in [5.41, 5.74) is 25.2. The Hall–Kier alpha value is -7.22. The van der Waals surface area contributed by atoms with Crippen molar-refractivity contribution in [2.45, 2.75) is 56.8 Å². The van der Waals surface area contributed by atoms with Gasteiger partial charge in [0.05, 0.1) is 0 Å². The summed E-state index contributed by atoms with van der Waals surface area (Å²) in [5, 5.41) is 0. The van der Waals surface area contributed by atoms with Crippen molar-refractivity contribution in [1.82, 2.24) is 0 Å². The molecule has 4 saturated carbocycles. The highest BCUT2D eigenvalue weighted by Gasteiger charge is 2.61. The zero-order valence-electron chi connectivity index (χ0n) is 39.0. The summed E-state index contributed by atoms with van der Waals surface area (Å²) in [6.07, 6.45) is 6.96. The lowest BCUT2D eigenvalue weighted by molar-refractivity contribution is -0.0399. The molecular weight excluding hydrogens is 819 g/mol. The fourth-order valence-electron chi connectivity index (χ4n) is 14.8. The van der Waals surface area contributed by atoms with Crippen molar-refractivity contribution in [3.63, 3.8) is 0 Å². The third-order valence-corrected chi connectivity index (χ3v) is 17.5. The van der Waals surface area contributed by atoms with Crippen LogP contribution in [0.25, 0.3) is 66.8 Å². The highest BCUT2D eigenvalue weighted by molar-refractivity contribution is 5.94. The molecule has 0 heterocycles. The Balaban J connectivity index is 0.880. The Bertz CT molecular complexity index is 3380. The van der Waals surface area contributed by atoms with E-state index in [4.69, 9.17) is 0 Å². The van der Waals surface area contributed by atoms with Crippen LogP contribution in [-0.2, 0) is 10.8 Å². The largest absolute Gasteiger partial charge is 0.310 e. The standard InChI is InChI=1S/C67H55N/c1-66(2)62-21-10-8-18-58(62)61-20-12-19-60(65(61)66)56-16-7-6-15-55(56)49-29-33-53(34-30-49)68(52-31-27-48(28-32-52)47-25-23-46(24-26-47)45-13-4-3-5-14-45)54-35-36-59-57-17-9-11-22-63(57)67(64(59)42-54)50-38-43-37-44(40-50)41-51(67)39-43/h3-36,42-44,50-51H,37-41H2,1-2H3. The van der Waals surface area contributed by atoms with Gasteiger partial charge in [-0.05, 0) is 181 Å². The monoisotopic (exact) mass is 873 g/mol. The number of rotatable bonds is 7. The third-order valence-electron chi connectivity index (χ3n) is 17.5. The zero-order chi connectivity index (χ0) is 45.1. The van der Waals surface area contributed by atoms with Crippen LogP contribution in [0.2, 0.25) is 0 Å². The summed E-state index contributed by atoms with van der Waals surface area (Å²) in [6.45, 7) is 4.79. The van der Waals surface area contributed by atoms with Gasteiger partial charge in [-0.2, -0.15) is 0 Å². The second kappa shape index (κ2) is 15.1. The molecule has 0 amide bonds. The van der Waals surface area contributed by atoms with Crippen molar-refractivity contribution in [3.8, 4) is 66.8 Å². The quantitative estimate of drug-likeness (QED) is 0.154. The number of hydrogen-bond acceptors (Lipinski definition) is 1. The van der Waals surface area contributed by atoms with Gasteiger partial charge in [0.1, 0.15) is 0 Å². The SMILES string of the molecule is CC1(C)c2ccccc2-c2cccc(-c3ccccc3-c3ccc(N(c4ccc(-c5ccc(-c6ccccc6)cc5)cc4)c4ccc5c(c4)C4(c6ccccc6-5)C5CC6CC(C5)CC4C6)cc3)c21. The van der Waals surface area contributed by atoms with E-state index < -0.39 is 0 Å². The average molecular weight is 874 g/mol. The molecule has 0 atom stereocenters. The molecule has 9 aromatic rings. The summed E-state index contributed by atoms with van der Waals surface area (Å²) in [6, 6.07) is 80.3. The molecule has 0 aromatic heterocycles. The van der Waals surface area contributed by atoms with Gasteiger partial charge < -0.3 is 4.90 Å². The maximum atomic E-state index is 2.63. The van der Waals surface area contributed by atoms with E-state index in [9.17, 15) is 0 Å². The van der Waals surface area contributed by atoms with Gasteiger partial charge in [0.25, 0.3) is 0 Å². The second-order valence-corrected chi connectivity index (χ2v) is 21.3. The lowest BCUT2D eigenvalue weighted by Crippen LogP contribution is -2.55. The molecule has 0 N–H and O–H groups in total. The van der Waals surface area contributed by atoms with Crippen LogP contribution >= 0.6 is 0 Å². The van der Waals surface area contributed by atoms with E-state index in [1.54, 1.807) is 11.1 Å².